The fourth-order valence-corrected chi connectivity index (χ4v) is 3.55. The second kappa shape index (κ2) is 7.44. The summed E-state index contributed by atoms with van der Waals surface area (Å²) < 4.78 is 0. The number of carboxylic acids is 1. The van der Waals surface area contributed by atoms with Crippen molar-refractivity contribution < 1.29 is 14.7 Å². The SMILES string of the molecule is Cc1cc(C)cc(NC(=O)NC2CC(N(CC(=O)O)CC3CC3)C2)c1. The largest absolute Gasteiger partial charge is 0.480 e. The molecule has 0 aromatic heterocycles. The molecule has 25 heavy (non-hydrogen) atoms. The van der Waals surface area contributed by atoms with Gasteiger partial charge in [-0.15, -0.1) is 0 Å². The molecular formula is C19H27N3O3. The molecule has 136 valence electrons. The predicted molar refractivity (Wildman–Crippen MR) is 96.8 cm³/mol. The Bertz CT molecular complexity index is 631. The lowest BCUT2D eigenvalue weighted by atomic mass is 9.85. The van der Waals surface area contributed by atoms with Gasteiger partial charge in [-0.2, -0.15) is 0 Å². The molecule has 3 N–H and O–H groups in total. The third-order valence-corrected chi connectivity index (χ3v) is 4.97. The summed E-state index contributed by atoms with van der Waals surface area (Å²) >= 11 is 0. The molecule has 0 spiro atoms. The van der Waals surface area contributed by atoms with Gasteiger partial charge in [0.15, 0.2) is 0 Å². The highest BCUT2D eigenvalue weighted by Crippen LogP contribution is 2.33. The molecule has 2 aliphatic carbocycles. The highest BCUT2D eigenvalue weighted by Gasteiger charge is 2.37. The molecule has 1 aromatic carbocycles. The van der Waals surface area contributed by atoms with E-state index < -0.39 is 5.97 Å². The molecular weight excluding hydrogens is 318 g/mol. The molecule has 0 radical (unpaired) electrons. The maximum Gasteiger partial charge on any atom is 0.319 e. The van der Waals surface area contributed by atoms with Gasteiger partial charge in [0, 0.05) is 24.3 Å². The molecule has 6 heteroatoms. The first-order valence-corrected chi connectivity index (χ1v) is 9.00. The number of hydrogen-bond donors (Lipinski definition) is 3. The zero-order valence-corrected chi connectivity index (χ0v) is 14.9. The van der Waals surface area contributed by atoms with Gasteiger partial charge < -0.3 is 15.7 Å². The second-order valence-corrected chi connectivity index (χ2v) is 7.56. The summed E-state index contributed by atoms with van der Waals surface area (Å²) in [5, 5.41) is 15.0. The Hall–Kier alpha value is -2.08. The highest BCUT2D eigenvalue weighted by molar-refractivity contribution is 5.89. The van der Waals surface area contributed by atoms with Crippen LogP contribution in [0.4, 0.5) is 10.5 Å². The van der Waals surface area contributed by atoms with Crippen LogP contribution in [-0.2, 0) is 4.79 Å². The van der Waals surface area contributed by atoms with Gasteiger partial charge in [0.25, 0.3) is 0 Å². The molecule has 1 aromatic rings. The molecule has 0 unspecified atom stereocenters. The second-order valence-electron chi connectivity index (χ2n) is 7.56. The number of carboxylic acid groups (broad SMARTS) is 1. The van der Waals surface area contributed by atoms with Crippen molar-refractivity contribution >= 4 is 17.7 Å². The van der Waals surface area contributed by atoms with E-state index in [4.69, 9.17) is 5.11 Å². The summed E-state index contributed by atoms with van der Waals surface area (Å²) in [6.07, 6.45) is 4.06. The summed E-state index contributed by atoms with van der Waals surface area (Å²) in [6, 6.07) is 6.15. The van der Waals surface area contributed by atoms with E-state index in [2.05, 4.69) is 21.6 Å². The average Bonchev–Trinajstić information content (AvgIpc) is 3.24. The Kier molecular flexibility index (Phi) is 5.27. The number of aliphatic carboxylic acids is 1. The van der Waals surface area contributed by atoms with E-state index in [0.29, 0.717) is 5.92 Å². The van der Waals surface area contributed by atoms with Crippen molar-refractivity contribution in [2.75, 3.05) is 18.4 Å². The third kappa shape index (κ3) is 5.19. The number of aryl methyl sites for hydroxylation is 2. The number of nitrogens with one attached hydrogen (secondary N) is 2. The van der Waals surface area contributed by atoms with Crippen LogP contribution >= 0.6 is 0 Å². The smallest absolute Gasteiger partial charge is 0.319 e. The van der Waals surface area contributed by atoms with Crippen molar-refractivity contribution in [1.29, 1.82) is 0 Å². The van der Waals surface area contributed by atoms with Gasteiger partial charge in [0.2, 0.25) is 0 Å². The number of carbonyl (C=O) groups excluding carboxylic acids is 1. The van der Waals surface area contributed by atoms with Gasteiger partial charge in [-0.05, 0) is 68.7 Å². The third-order valence-electron chi connectivity index (χ3n) is 4.97. The number of carbonyl (C=O) groups is 2. The van der Waals surface area contributed by atoms with Crippen molar-refractivity contribution in [3.05, 3.63) is 29.3 Å². The van der Waals surface area contributed by atoms with E-state index in [0.717, 1.165) is 36.2 Å². The monoisotopic (exact) mass is 345 g/mol. The lowest BCUT2D eigenvalue weighted by Gasteiger charge is -2.42. The quantitative estimate of drug-likeness (QED) is 0.710. The molecule has 2 saturated carbocycles. The zero-order chi connectivity index (χ0) is 18.0. The minimum absolute atomic E-state index is 0.0999. The lowest BCUT2D eigenvalue weighted by molar-refractivity contribution is -0.139. The Morgan fingerprint density at radius 1 is 1.16 bits per heavy atom. The maximum absolute atomic E-state index is 12.2. The zero-order valence-electron chi connectivity index (χ0n) is 14.9. The van der Waals surface area contributed by atoms with E-state index in [9.17, 15) is 9.59 Å². The standard InChI is InChI=1S/C19H27N3O3/c1-12-5-13(2)7-15(6-12)20-19(25)21-16-8-17(9-16)22(11-18(23)24)10-14-3-4-14/h5-7,14,16-17H,3-4,8-11H2,1-2H3,(H,23,24)(H2,20,21,25). The molecule has 6 nitrogen and oxygen atoms in total. The number of nitrogens with zero attached hydrogens (tertiary/aromatic N) is 1. The molecule has 0 bridgehead atoms. The number of urea groups is 1. The van der Waals surface area contributed by atoms with Crippen LogP contribution in [0.1, 0.15) is 36.8 Å². The van der Waals surface area contributed by atoms with Crippen molar-refractivity contribution in [2.24, 2.45) is 5.92 Å². The Morgan fingerprint density at radius 2 is 1.80 bits per heavy atom. The van der Waals surface area contributed by atoms with Gasteiger partial charge in [-0.25, -0.2) is 4.79 Å². The van der Waals surface area contributed by atoms with Crippen LogP contribution in [0.3, 0.4) is 0 Å². The van der Waals surface area contributed by atoms with Gasteiger partial charge in [-0.3, -0.25) is 9.69 Å². The van der Waals surface area contributed by atoms with Crippen LogP contribution in [0.2, 0.25) is 0 Å². The van der Waals surface area contributed by atoms with Crippen LogP contribution in [0, 0.1) is 19.8 Å². The van der Waals surface area contributed by atoms with E-state index in [1.54, 1.807) is 0 Å². The maximum atomic E-state index is 12.2. The molecule has 0 aliphatic heterocycles. The van der Waals surface area contributed by atoms with Crippen LogP contribution < -0.4 is 10.6 Å². The van der Waals surface area contributed by atoms with E-state index in [1.807, 2.05) is 26.0 Å². The fraction of sp³-hybridized carbons (Fsp3) is 0.579. The first kappa shape index (κ1) is 17.7. The van der Waals surface area contributed by atoms with E-state index >= 15 is 0 Å². The van der Waals surface area contributed by atoms with Crippen LogP contribution in [0.5, 0.6) is 0 Å². The van der Waals surface area contributed by atoms with Gasteiger partial charge in [0.1, 0.15) is 0 Å². The minimum Gasteiger partial charge on any atom is -0.480 e. The molecule has 0 atom stereocenters. The first-order valence-electron chi connectivity index (χ1n) is 9.00. The predicted octanol–water partition coefficient (Wildman–Crippen LogP) is 2.75. The van der Waals surface area contributed by atoms with Crippen molar-refractivity contribution in [1.82, 2.24) is 10.2 Å². The topological polar surface area (TPSA) is 81.7 Å². The first-order chi connectivity index (χ1) is 11.9. The summed E-state index contributed by atoms with van der Waals surface area (Å²) in [4.78, 5) is 25.3. The highest BCUT2D eigenvalue weighted by atomic mass is 16.4. The summed E-state index contributed by atoms with van der Waals surface area (Å²) in [5.74, 6) is -0.108. The summed E-state index contributed by atoms with van der Waals surface area (Å²) in [5.41, 5.74) is 3.03. The van der Waals surface area contributed by atoms with Crippen LogP contribution in [0.15, 0.2) is 18.2 Å². The fourth-order valence-electron chi connectivity index (χ4n) is 3.55. The number of rotatable bonds is 7. The number of hydrogen-bond acceptors (Lipinski definition) is 3. The molecule has 2 fully saturated rings. The van der Waals surface area contributed by atoms with Gasteiger partial charge >= 0.3 is 12.0 Å². The molecule has 3 rings (SSSR count). The Labute approximate surface area is 148 Å². The van der Waals surface area contributed by atoms with Gasteiger partial charge in [0.05, 0.1) is 6.54 Å². The van der Waals surface area contributed by atoms with Crippen molar-refractivity contribution in [3.8, 4) is 0 Å². The Morgan fingerprint density at radius 3 is 2.36 bits per heavy atom. The van der Waals surface area contributed by atoms with Crippen molar-refractivity contribution in [3.63, 3.8) is 0 Å². The molecule has 2 amide bonds. The molecule has 2 aliphatic rings. The number of anilines is 1. The number of amides is 2. The van der Waals surface area contributed by atoms with Crippen LogP contribution in [0.25, 0.3) is 0 Å². The minimum atomic E-state index is -0.774. The normalized spacial score (nSPS) is 22.4. The van der Waals surface area contributed by atoms with Crippen molar-refractivity contribution in [2.45, 2.75) is 51.6 Å². The summed E-state index contributed by atoms with van der Waals surface area (Å²) in [6.45, 7) is 4.98. The van der Waals surface area contributed by atoms with Crippen LogP contribution in [-0.4, -0.2) is 47.2 Å². The summed E-state index contributed by atoms with van der Waals surface area (Å²) in [7, 11) is 0. The molecule has 0 heterocycles. The van der Waals surface area contributed by atoms with E-state index in [1.165, 1.54) is 12.8 Å². The Balaban J connectivity index is 1.45. The lowest BCUT2D eigenvalue weighted by Crippen LogP contribution is -2.55. The average molecular weight is 345 g/mol. The van der Waals surface area contributed by atoms with Gasteiger partial charge in [-0.1, -0.05) is 6.07 Å². The molecule has 0 saturated heterocycles. The number of benzene rings is 1. The van der Waals surface area contributed by atoms with E-state index in [-0.39, 0.29) is 24.7 Å².